The van der Waals surface area contributed by atoms with Crippen molar-refractivity contribution in [3.05, 3.63) is 0 Å². The molecule has 0 saturated carbocycles. The van der Waals surface area contributed by atoms with Gasteiger partial charge < -0.3 is 38.3 Å². The molecule has 4 atom stereocenters. The van der Waals surface area contributed by atoms with Gasteiger partial charge in [-0.3, -0.25) is 24.0 Å². The summed E-state index contributed by atoms with van der Waals surface area (Å²) in [5, 5.41) is 16.3. The molecule has 0 unspecified atom stereocenters. The Bertz CT molecular complexity index is 650. The second-order valence-corrected chi connectivity index (χ2v) is 8.35. The zero-order valence-corrected chi connectivity index (χ0v) is 19.4. The third kappa shape index (κ3) is 12.5. The van der Waals surface area contributed by atoms with E-state index in [-0.39, 0.29) is 19.3 Å². The van der Waals surface area contributed by atoms with E-state index in [4.69, 9.17) is 22.3 Å². The Hall–Kier alpha value is -2.38. The predicted octanol–water partition coefficient (Wildman–Crippen LogP) is -1.98. The monoisotopic (exact) mass is 476 g/mol. The summed E-state index contributed by atoms with van der Waals surface area (Å²) in [5.74, 6) is -3.31. The van der Waals surface area contributed by atoms with Crippen LogP contribution in [0.25, 0.3) is 0 Å². The molecule has 0 saturated heterocycles. The summed E-state index contributed by atoms with van der Waals surface area (Å²) in [6.45, 7) is 1.75. The third-order valence-corrected chi connectivity index (χ3v) is 5.24. The van der Waals surface area contributed by atoms with Crippen molar-refractivity contribution in [2.45, 2.75) is 69.6 Å². The first-order valence-corrected chi connectivity index (χ1v) is 11.8. The maximum absolute atomic E-state index is 12.8. The van der Waals surface area contributed by atoms with Crippen LogP contribution < -0.4 is 33.2 Å². The molecule has 0 bridgehead atoms. The largest absolute Gasteiger partial charge is 0.480 e. The van der Waals surface area contributed by atoms with Crippen molar-refractivity contribution in [1.29, 1.82) is 0 Å². The molecule has 0 rings (SSSR count). The van der Waals surface area contributed by atoms with Gasteiger partial charge in [-0.15, -0.1) is 0 Å². The van der Waals surface area contributed by atoms with Crippen LogP contribution in [-0.4, -0.2) is 77.4 Å². The van der Waals surface area contributed by atoms with E-state index in [0.29, 0.717) is 25.1 Å². The van der Waals surface area contributed by atoms with Gasteiger partial charge in [0.25, 0.3) is 0 Å². The summed E-state index contributed by atoms with van der Waals surface area (Å²) < 4.78 is 0. The molecular formula is C19H36N6O6S. The second kappa shape index (κ2) is 16.3. The minimum absolute atomic E-state index is 0.124. The van der Waals surface area contributed by atoms with Crippen LogP contribution >= 0.6 is 11.8 Å². The highest BCUT2D eigenvalue weighted by molar-refractivity contribution is 7.98. The topological polar surface area (TPSA) is 220 Å². The van der Waals surface area contributed by atoms with Crippen molar-refractivity contribution in [2.75, 3.05) is 18.6 Å². The standard InChI is InChI=1S/C19H36N6O6S/c1-11(19(30)31)23-17(28)13(6-7-15(22)26)25-18(29)14(8-10-32-2)24-16(27)12(21)5-3-4-9-20/h11-14H,3-10,20-21H2,1-2H3,(H2,22,26)(H,23,28)(H,24,27)(H,25,29)(H,30,31)/t11-,12-,13-,14-/m0/s1. The summed E-state index contributed by atoms with van der Waals surface area (Å²) in [6, 6.07) is -4.18. The molecular weight excluding hydrogens is 440 g/mol. The van der Waals surface area contributed by atoms with Crippen LogP contribution in [0.1, 0.15) is 45.4 Å². The van der Waals surface area contributed by atoms with Crippen LogP contribution in [0.2, 0.25) is 0 Å². The molecule has 0 heterocycles. The van der Waals surface area contributed by atoms with E-state index in [1.165, 1.54) is 18.7 Å². The number of hydrogen-bond acceptors (Lipinski definition) is 8. The van der Waals surface area contributed by atoms with E-state index < -0.39 is 53.8 Å². The fourth-order valence-corrected chi connectivity index (χ4v) is 3.10. The summed E-state index contributed by atoms with van der Waals surface area (Å²) in [5.41, 5.74) is 16.5. The molecule has 0 radical (unpaired) electrons. The van der Waals surface area contributed by atoms with Crippen molar-refractivity contribution in [3.8, 4) is 0 Å². The Labute approximate surface area is 192 Å². The van der Waals surface area contributed by atoms with Crippen LogP contribution in [0, 0.1) is 0 Å². The molecule has 0 fully saturated rings. The molecule has 184 valence electrons. The van der Waals surface area contributed by atoms with Crippen molar-refractivity contribution in [3.63, 3.8) is 0 Å². The predicted molar refractivity (Wildman–Crippen MR) is 121 cm³/mol. The molecule has 0 aromatic heterocycles. The van der Waals surface area contributed by atoms with Gasteiger partial charge in [0.1, 0.15) is 18.1 Å². The first kappa shape index (κ1) is 29.6. The molecule has 4 amide bonds. The van der Waals surface area contributed by atoms with Gasteiger partial charge >= 0.3 is 5.97 Å². The summed E-state index contributed by atoms with van der Waals surface area (Å²) >= 11 is 1.47. The van der Waals surface area contributed by atoms with Gasteiger partial charge in [-0.25, -0.2) is 0 Å². The van der Waals surface area contributed by atoms with Crippen LogP contribution in [0.3, 0.4) is 0 Å². The van der Waals surface area contributed by atoms with Gasteiger partial charge in [0, 0.05) is 6.42 Å². The molecule has 0 aromatic rings. The Balaban J connectivity index is 5.27. The van der Waals surface area contributed by atoms with E-state index in [1.54, 1.807) is 0 Å². The number of nitrogens with one attached hydrogen (secondary N) is 3. The van der Waals surface area contributed by atoms with Crippen LogP contribution in [0.15, 0.2) is 0 Å². The number of carboxylic acid groups (broad SMARTS) is 1. The highest BCUT2D eigenvalue weighted by Crippen LogP contribution is 2.06. The lowest BCUT2D eigenvalue weighted by atomic mass is 10.1. The van der Waals surface area contributed by atoms with Crippen molar-refractivity contribution >= 4 is 41.4 Å². The molecule has 0 aliphatic heterocycles. The average molecular weight is 477 g/mol. The molecule has 0 aromatic carbocycles. The van der Waals surface area contributed by atoms with Gasteiger partial charge in [-0.05, 0) is 51.2 Å². The van der Waals surface area contributed by atoms with Gasteiger partial charge in [0.2, 0.25) is 23.6 Å². The molecule has 0 aliphatic carbocycles. The first-order chi connectivity index (χ1) is 15.0. The summed E-state index contributed by atoms with van der Waals surface area (Å²) in [7, 11) is 0. The fourth-order valence-electron chi connectivity index (χ4n) is 2.63. The Kier molecular flexibility index (Phi) is 15.1. The molecule has 32 heavy (non-hydrogen) atoms. The summed E-state index contributed by atoms with van der Waals surface area (Å²) in [6.07, 6.45) is 3.60. The maximum atomic E-state index is 12.8. The van der Waals surface area contributed by atoms with Crippen molar-refractivity contribution < 1.29 is 29.1 Å². The lowest BCUT2D eigenvalue weighted by molar-refractivity contribution is -0.142. The number of unbranched alkanes of at least 4 members (excludes halogenated alkanes) is 1. The van der Waals surface area contributed by atoms with Crippen LogP contribution in [0.5, 0.6) is 0 Å². The number of carboxylic acids is 1. The SMILES string of the molecule is CSCC[C@H](NC(=O)[C@@H](N)CCCCN)C(=O)N[C@@H](CCC(N)=O)C(=O)N[C@@H](C)C(=O)O. The number of hydrogen-bond donors (Lipinski definition) is 7. The van der Waals surface area contributed by atoms with Crippen LogP contribution in [0.4, 0.5) is 0 Å². The highest BCUT2D eigenvalue weighted by atomic mass is 32.2. The number of aliphatic carboxylic acids is 1. The van der Waals surface area contributed by atoms with Gasteiger partial charge in [-0.2, -0.15) is 11.8 Å². The Morgan fingerprint density at radius 2 is 1.47 bits per heavy atom. The maximum Gasteiger partial charge on any atom is 0.325 e. The van der Waals surface area contributed by atoms with E-state index in [1.807, 2.05) is 6.26 Å². The van der Waals surface area contributed by atoms with E-state index >= 15 is 0 Å². The quantitative estimate of drug-likeness (QED) is 0.115. The molecule has 13 heteroatoms. The minimum atomic E-state index is -1.26. The lowest BCUT2D eigenvalue weighted by Gasteiger charge is -2.24. The van der Waals surface area contributed by atoms with E-state index in [0.717, 1.165) is 6.42 Å². The minimum Gasteiger partial charge on any atom is -0.480 e. The van der Waals surface area contributed by atoms with Gasteiger partial charge in [-0.1, -0.05) is 6.42 Å². The number of carbonyl (C=O) groups excluding carboxylic acids is 4. The first-order valence-electron chi connectivity index (χ1n) is 10.4. The number of carbonyl (C=O) groups is 5. The molecule has 12 nitrogen and oxygen atoms in total. The zero-order chi connectivity index (χ0) is 24.7. The number of nitrogens with two attached hydrogens (primary N) is 3. The van der Waals surface area contributed by atoms with E-state index in [9.17, 15) is 24.0 Å². The highest BCUT2D eigenvalue weighted by Gasteiger charge is 2.29. The molecule has 0 aliphatic rings. The fraction of sp³-hybridized carbons (Fsp3) is 0.737. The Morgan fingerprint density at radius 1 is 0.906 bits per heavy atom. The third-order valence-electron chi connectivity index (χ3n) is 4.59. The zero-order valence-electron chi connectivity index (χ0n) is 18.6. The lowest BCUT2D eigenvalue weighted by Crippen LogP contribution is -2.57. The molecule has 10 N–H and O–H groups in total. The van der Waals surface area contributed by atoms with Crippen molar-refractivity contribution in [1.82, 2.24) is 16.0 Å². The van der Waals surface area contributed by atoms with Crippen molar-refractivity contribution in [2.24, 2.45) is 17.2 Å². The second-order valence-electron chi connectivity index (χ2n) is 7.37. The average Bonchev–Trinajstić information content (AvgIpc) is 2.73. The molecule has 0 spiro atoms. The number of rotatable bonds is 17. The van der Waals surface area contributed by atoms with Gasteiger partial charge in [0.05, 0.1) is 6.04 Å². The number of thioether (sulfide) groups is 1. The van der Waals surface area contributed by atoms with Crippen LogP contribution in [-0.2, 0) is 24.0 Å². The smallest absolute Gasteiger partial charge is 0.325 e. The normalized spacial score (nSPS) is 14.5. The number of primary amides is 1. The number of amides is 4. The Morgan fingerprint density at radius 3 is 2.00 bits per heavy atom. The summed E-state index contributed by atoms with van der Waals surface area (Å²) in [4.78, 5) is 59.9. The van der Waals surface area contributed by atoms with E-state index in [2.05, 4.69) is 16.0 Å². The van der Waals surface area contributed by atoms with Gasteiger partial charge in [0.15, 0.2) is 0 Å².